The van der Waals surface area contributed by atoms with Crippen LogP contribution >= 0.6 is 0 Å². The number of rotatable bonds is 6. The van der Waals surface area contributed by atoms with Crippen molar-refractivity contribution in [3.05, 3.63) is 78.0 Å². The molecule has 2 aromatic heterocycles. The molecule has 30 heavy (non-hydrogen) atoms. The maximum Gasteiger partial charge on any atom is 0.156 e. The SMILES string of the molecule is OC[C@@H]1CCCCN1Cc1cn(Cc2ccccc2)nc1-c1cc2ccccc2o1. The zero-order valence-electron chi connectivity index (χ0n) is 17.1. The first-order valence-corrected chi connectivity index (χ1v) is 10.7. The van der Waals surface area contributed by atoms with E-state index in [0.29, 0.717) is 0 Å². The third-order valence-corrected chi connectivity index (χ3v) is 6.02. The normalized spacial score (nSPS) is 17.6. The smallest absolute Gasteiger partial charge is 0.156 e. The van der Waals surface area contributed by atoms with E-state index < -0.39 is 0 Å². The van der Waals surface area contributed by atoms with Gasteiger partial charge in [0.05, 0.1) is 13.2 Å². The van der Waals surface area contributed by atoms with Gasteiger partial charge in [-0.2, -0.15) is 5.10 Å². The number of hydrogen-bond donors (Lipinski definition) is 1. The van der Waals surface area contributed by atoms with E-state index in [2.05, 4.69) is 47.5 Å². The molecule has 1 aliphatic rings. The van der Waals surface area contributed by atoms with Crippen LogP contribution in [0.25, 0.3) is 22.4 Å². The van der Waals surface area contributed by atoms with Gasteiger partial charge in [-0.25, -0.2) is 0 Å². The van der Waals surface area contributed by atoms with Crippen molar-refractivity contribution in [3.8, 4) is 11.5 Å². The lowest BCUT2D eigenvalue weighted by molar-refractivity contribution is 0.0842. The molecule has 0 saturated carbocycles. The third-order valence-electron chi connectivity index (χ3n) is 6.02. The molecule has 3 heterocycles. The van der Waals surface area contributed by atoms with Gasteiger partial charge in [0.1, 0.15) is 11.3 Å². The zero-order valence-corrected chi connectivity index (χ0v) is 17.1. The standard InChI is InChI=1S/C25H27N3O2/c29-18-22-11-6-7-13-27(22)16-21-17-28(15-19-8-2-1-3-9-19)26-25(21)24-14-20-10-4-5-12-23(20)30-24/h1-5,8-10,12,14,17,22,29H,6-7,11,13,15-16,18H2/t22-/m0/s1. The molecular weight excluding hydrogens is 374 g/mol. The van der Waals surface area contributed by atoms with Gasteiger partial charge in [0, 0.05) is 29.7 Å². The first-order chi connectivity index (χ1) is 14.8. The molecule has 1 saturated heterocycles. The second-order valence-corrected chi connectivity index (χ2v) is 8.14. The molecule has 0 radical (unpaired) electrons. The second-order valence-electron chi connectivity index (χ2n) is 8.14. The Morgan fingerprint density at radius 1 is 1.00 bits per heavy atom. The number of fused-ring (bicyclic) bond motifs is 1. The van der Waals surface area contributed by atoms with Gasteiger partial charge in [0.25, 0.3) is 0 Å². The number of para-hydroxylation sites is 1. The summed E-state index contributed by atoms with van der Waals surface area (Å²) in [5, 5.41) is 15.8. The molecule has 0 amide bonds. The molecule has 0 unspecified atom stereocenters. The predicted octanol–water partition coefficient (Wildman–Crippen LogP) is 4.69. The Labute approximate surface area is 176 Å². The minimum atomic E-state index is 0.206. The van der Waals surface area contributed by atoms with Gasteiger partial charge in [-0.3, -0.25) is 9.58 Å². The average Bonchev–Trinajstić information content (AvgIpc) is 3.38. The number of aromatic nitrogens is 2. The van der Waals surface area contributed by atoms with Gasteiger partial charge in [-0.05, 0) is 37.1 Å². The van der Waals surface area contributed by atoms with Crippen molar-refractivity contribution in [3.63, 3.8) is 0 Å². The molecule has 0 bridgehead atoms. The number of likely N-dealkylation sites (tertiary alicyclic amines) is 1. The number of aliphatic hydroxyl groups is 1. The van der Waals surface area contributed by atoms with Crippen LogP contribution in [-0.2, 0) is 13.1 Å². The largest absolute Gasteiger partial charge is 0.454 e. The highest BCUT2D eigenvalue weighted by Gasteiger charge is 2.25. The topological polar surface area (TPSA) is 54.4 Å². The Kier molecular flexibility index (Phi) is 5.39. The molecule has 1 fully saturated rings. The summed E-state index contributed by atoms with van der Waals surface area (Å²) >= 11 is 0. The predicted molar refractivity (Wildman–Crippen MR) is 118 cm³/mol. The van der Waals surface area contributed by atoms with Crippen LogP contribution in [0.2, 0.25) is 0 Å². The average molecular weight is 402 g/mol. The molecule has 154 valence electrons. The lowest BCUT2D eigenvalue weighted by Gasteiger charge is -2.34. The quantitative estimate of drug-likeness (QED) is 0.509. The van der Waals surface area contributed by atoms with E-state index in [4.69, 9.17) is 9.52 Å². The Morgan fingerprint density at radius 3 is 2.67 bits per heavy atom. The highest BCUT2D eigenvalue weighted by molar-refractivity contribution is 5.82. The van der Waals surface area contributed by atoms with Gasteiger partial charge in [0.15, 0.2) is 5.76 Å². The van der Waals surface area contributed by atoms with Crippen molar-refractivity contribution < 1.29 is 9.52 Å². The van der Waals surface area contributed by atoms with Crippen LogP contribution in [0.5, 0.6) is 0 Å². The van der Waals surface area contributed by atoms with E-state index in [1.165, 1.54) is 18.4 Å². The summed E-state index contributed by atoms with van der Waals surface area (Å²) in [7, 11) is 0. The number of benzene rings is 2. The van der Waals surface area contributed by atoms with E-state index in [9.17, 15) is 5.11 Å². The highest BCUT2D eigenvalue weighted by atomic mass is 16.3. The van der Waals surface area contributed by atoms with E-state index in [0.717, 1.165) is 54.0 Å². The van der Waals surface area contributed by atoms with Crippen LogP contribution in [0.15, 0.2) is 71.3 Å². The molecule has 1 atom stereocenters. The van der Waals surface area contributed by atoms with Crippen molar-refractivity contribution in [1.82, 2.24) is 14.7 Å². The van der Waals surface area contributed by atoms with Crippen LogP contribution < -0.4 is 0 Å². The van der Waals surface area contributed by atoms with Crippen molar-refractivity contribution in [2.75, 3.05) is 13.2 Å². The summed E-state index contributed by atoms with van der Waals surface area (Å²) < 4.78 is 8.16. The summed E-state index contributed by atoms with van der Waals surface area (Å²) in [6.07, 6.45) is 5.55. The second kappa shape index (κ2) is 8.46. The first-order valence-electron chi connectivity index (χ1n) is 10.7. The molecule has 5 rings (SSSR count). The molecule has 1 aliphatic heterocycles. The van der Waals surface area contributed by atoms with Gasteiger partial charge in [0.2, 0.25) is 0 Å². The summed E-state index contributed by atoms with van der Waals surface area (Å²) in [6, 6.07) is 20.8. The van der Waals surface area contributed by atoms with Crippen LogP contribution in [-0.4, -0.2) is 39.0 Å². The minimum absolute atomic E-state index is 0.206. The fourth-order valence-corrected chi connectivity index (χ4v) is 4.43. The van der Waals surface area contributed by atoms with E-state index in [1.807, 2.05) is 28.9 Å². The van der Waals surface area contributed by atoms with E-state index in [-0.39, 0.29) is 12.6 Å². The van der Waals surface area contributed by atoms with E-state index in [1.54, 1.807) is 0 Å². The van der Waals surface area contributed by atoms with Crippen molar-refractivity contribution in [2.45, 2.75) is 38.4 Å². The van der Waals surface area contributed by atoms with Crippen LogP contribution in [0.1, 0.15) is 30.4 Å². The fourth-order valence-electron chi connectivity index (χ4n) is 4.43. The monoisotopic (exact) mass is 401 g/mol. The maximum atomic E-state index is 9.84. The summed E-state index contributed by atoms with van der Waals surface area (Å²) in [4.78, 5) is 2.39. The number of aliphatic hydroxyl groups excluding tert-OH is 1. The molecule has 2 aromatic carbocycles. The third kappa shape index (κ3) is 3.91. The molecule has 1 N–H and O–H groups in total. The lowest BCUT2D eigenvalue weighted by Crippen LogP contribution is -2.41. The maximum absolute atomic E-state index is 9.84. The van der Waals surface area contributed by atoms with Crippen molar-refractivity contribution in [1.29, 1.82) is 0 Å². The number of furan rings is 1. The highest BCUT2D eigenvalue weighted by Crippen LogP contribution is 2.31. The molecule has 4 aromatic rings. The number of nitrogens with zero attached hydrogens (tertiary/aromatic N) is 3. The Bertz CT molecular complexity index is 1080. The van der Waals surface area contributed by atoms with Gasteiger partial charge in [-0.1, -0.05) is 55.0 Å². The summed E-state index contributed by atoms with van der Waals surface area (Å²) in [5.74, 6) is 0.801. The Morgan fingerprint density at radius 2 is 1.83 bits per heavy atom. The number of hydrogen-bond acceptors (Lipinski definition) is 4. The molecule has 5 nitrogen and oxygen atoms in total. The molecular formula is C25H27N3O2. The minimum Gasteiger partial charge on any atom is -0.454 e. The van der Waals surface area contributed by atoms with Gasteiger partial charge < -0.3 is 9.52 Å². The van der Waals surface area contributed by atoms with Gasteiger partial charge in [-0.15, -0.1) is 0 Å². The van der Waals surface area contributed by atoms with Crippen molar-refractivity contribution in [2.24, 2.45) is 0 Å². The molecule has 0 aliphatic carbocycles. The van der Waals surface area contributed by atoms with E-state index >= 15 is 0 Å². The first kappa shape index (κ1) is 19.1. The molecule has 0 spiro atoms. The molecule has 5 heteroatoms. The van der Waals surface area contributed by atoms with Crippen LogP contribution in [0.3, 0.4) is 0 Å². The lowest BCUT2D eigenvalue weighted by atomic mass is 10.0. The Hall–Kier alpha value is -2.89. The Balaban J connectivity index is 1.51. The fraction of sp³-hybridized carbons (Fsp3) is 0.320. The van der Waals surface area contributed by atoms with Gasteiger partial charge >= 0.3 is 0 Å². The zero-order chi connectivity index (χ0) is 20.3. The summed E-state index contributed by atoms with van der Waals surface area (Å²) in [5.41, 5.74) is 4.13. The summed E-state index contributed by atoms with van der Waals surface area (Å²) in [6.45, 7) is 2.71. The number of piperidine rings is 1. The van der Waals surface area contributed by atoms with Crippen LogP contribution in [0.4, 0.5) is 0 Å². The van der Waals surface area contributed by atoms with Crippen LogP contribution in [0, 0.1) is 0 Å². The van der Waals surface area contributed by atoms with Crippen molar-refractivity contribution >= 4 is 11.0 Å².